The molecule has 0 unspecified atom stereocenters. The summed E-state index contributed by atoms with van der Waals surface area (Å²) in [5.74, 6) is -0.0741. The topological polar surface area (TPSA) is 29.1 Å². The molecule has 1 N–H and O–H groups in total. The molecule has 1 amide bonds. The van der Waals surface area contributed by atoms with Gasteiger partial charge in [0.25, 0.3) is 5.91 Å². The molecule has 1 aromatic rings. The van der Waals surface area contributed by atoms with Crippen LogP contribution in [0.5, 0.6) is 0 Å². The number of hydrogen-bond donors (Lipinski definition) is 1. The van der Waals surface area contributed by atoms with Gasteiger partial charge in [-0.05, 0) is 46.0 Å². The first-order chi connectivity index (χ1) is 8.35. The van der Waals surface area contributed by atoms with Crippen molar-refractivity contribution >= 4 is 49.4 Å². The average Bonchev–Trinajstić information content (AvgIpc) is 2.30. The Hall–Kier alpha value is -0.0600. The van der Waals surface area contributed by atoms with E-state index >= 15 is 0 Å². The first kappa shape index (κ1) is 16.0. The molecule has 0 saturated heterocycles. The Morgan fingerprint density at radius 2 is 2.11 bits per heavy atom. The molecule has 0 bridgehead atoms. The Balaban J connectivity index is 2.63. The zero-order valence-electron chi connectivity index (χ0n) is 10.4. The van der Waals surface area contributed by atoms with E-state index in [0.717, 1.165) is 16.2 Å². The largest absolute Gasteiger partial charge is 0.352 e. The van der Waals surface area contributed by atoms with Crippen molar-refractivity contribution in [3.05, 3.63) is 33.3 Å². The number of amides is 1. The van der Waals surface area contributed by atoms with Gasteiger partial charge in [-0.15, -0.1) is 0 Å². The molecule has 5 heteroatoms. The van der Waals surface area contributed by atoms with Crippen molar-refractivity contribution in [1.82, 2.24) is 5.32 Å². The average molecular weight is 398 g/mol. The van der Waals surface area contributed by atoms with Crippen molar-refractivity contribution < 1.29 is 4.79 Å². The molecular weight excluding hydrogens is 381 g/mol. The predicted octanol–water partition coefficient (Wildman–Crippen LogP) is 4.64. The van der Waals surface area contributed by atoms with Crippen molar-refractivity contribution in [3.63, 3.8) is 0 Å². The second-order valence-corrected chi connectivity index (χ2v) is 6.97. The van der Waals surface area contributed by atoms with Crippen LogP contribution in [0.15, 0.2) is 22.7 Å². The zero-order chi connectivity index (χ0) is 13.8. The van der Waals surface area contributed by atoms with Crippen LogP contribution in [-0.4, -0.2) is 17.8 Å². The van der Waals surface area contributed by atoms with Gasteiger partial charge >= 0.3 is 0 Å². The third-order valence-electron chi connectivity index (χ3n) is 2.68. The van der Waals surface area contributed by atoms with Gasteiger partial charge in [0.1, 0.15) is 0 Å². The molecule has 0 heterocycles. The van der Waals surface area contributed by atoms with E-state index in [4.69, 9.17) is 11.6 Å². The van der Waals surface area contributed by atoms with E-state index in [9.17, 15) is 4.79 Å². The Morgan fingerprint density at radius 3 is 2.67 bits per heavy atom. The Morgan fingerprint density at radius 1 is 1.44 bits per heavy atom. The van der Waals surface area contributed by atoms with Crippen LogP contribution in [0.1, 0.15) is 30.6 Å². The lowest BCUT2D eigenvalue weighted by atomic mass is 9.90. The van der Waals surface area contributed by atoms with Gasteiger partial charge in [-0.3, -0.25) is 4.79 Å². The number of rotatable bonds is 5. The van der Waals surface area contributed by atoms with Crippen LogP contribution >= 0.6 is 43.5 Å². The van der Waals surface area contributed by atoms with E-state index in [-0.39, 0.29) is 11.3 Å². The summed E-state index contributed by atoms with van der Waals surface area (Å²) in [7, 11) is 0. The zero-order valence-corrected chi connectivity index (χ0v) is 14.3. The molecular formula is C13H16Br2ClNO. The summed E-state index contributed by atoms with van der Waals surface area (Å²) in [5, 5.41) is 4.48. The summed E-state index contributed by atoms with van der Waals surface area (Å²) < 4.78 is 0.733. The van der Waals surface area contributed by atoms with Crippen LogP contribution < -0.4 is 5.32 Å². The van der Waals surface area contributed by atoms with Crippen LogP contribution in [0, 0.1) is 5.41 Å². The maximum absolute atomic E-state index is 12.0. The minimum absolute atomic E-state index is 0.0741. The number of carbonyl (C=O) groups is 1. The number of benzene rings is 1. The molecule has 0 spiro atoms. The second-order valence-electron chi connectivity index (χ2n) is 4.91. The standard InChI is InChI=1S/C13H16Br2ClNO/c1-13(2,5-6-14)8-17-12(18)9-3-4-11(16)10(15)7-9/h3-4,7H,5-6,8H2,1-2H3,(H,17,18). The SMILES string of the molecule is CC(C)(CCBr)CNC(=O)c1ccc(Cl)c(Br)c1. The molecule has 0 atom stereocenters. The molecule has 100 valence electrons. The molecule has 18 heavy (non-hydrogen) atoms. The number of carbonyl (C=O) groups excluding carboxylic acids is 1. The van der Waals surface area contributed by atoms with Crippen LogP contribution in [0.25, 0.3) is 0 Å². The summed E-state index contributed by atoms with van der Waals surface area (Å²) in [6.45, 7) is 4.91. The van der Waals surface area contributed by atoms with Crippen molar-refractivity contribution in [1.29, 1.82) is 0 Å². The molecule has 0 radical (unpaired) electrons. The van der Waals surface area contributed by atoms with Gasteiger partial charge in [-0.2, -0.15) is 0 Å². The summed E-state index contributed by atoms with van der Waals surface area (Å²) in [4.78, 5) is 12.0. The summed E-state index contributed by atoms with van der Waals surface area (Å²) in [6, 6.07) is 5.17. The minimum atomic E-state index is -0.0741. The van der Waals surface area contributed by atoms with E-state index in [1.165, 1.54) is 0 Å². The fraction of sp³-hybridized carbons (Fsp3) is 0.462. The first-order valence-corrected chi connectivity index (χ1v) is 7.94. The van der Waals surface area contributed by atoms with Gasteiger partial charge in [-0.1, -0.05) is 41.4 Å². The molecule has 1 rings (SSSR count). The molecule has 0 aliphatic heterocycles. The van der Waals surface area contributed by atoms with Crippen molar-refractivity contribution in [3.8, 4) is 0 Å². The number of alkyl halides is 1. The van der Waals surface area contributed by atoms with Gasteiger partial charge < -0.3 is 5.32 Å². The fourth-order valence-electron chi connectivity index (χ4n) is 1.40. The maximum atomic E-state index is 12.0. The first-order valence-electron chi connectivity index (χ1n) is 5.65. The summed E-state index contributed by atoms with van der Waals surface area (Å²) in [6.07, 6.45) is 1.01. The van der Waals surface area contributed by atoms with Crippen LogP contribution in [0.4, 0.5) is 0 Å². The van der Waals surface area contributed by atoms with E-state index < -0.39 is 0 Å². The van der Waals surface area contributed by atoms with Gasteiger partial charge in [0, 0.05) is 21.9 Å². The number of hydrogen-bond acceptors (Lipinski definition) is 1. The lowest BCUT2D eigenvalue weighted by molar-refractivity contribution is 0.0936. The highest BCUT2D eigenvalue weighted by molar-refractivity contribution is 9.10. The van der Waals surface area contributed by atoms with E-state index in [0.29, 0.717) is 17.1 Å². The van der Waals surface area contributed by atoms with E-state index in [2.05, 4.69) is 51.0 Å². The number of nitrogens with one attached hydrogen (secondary N) is 1. The molecule has 2 nitrogen and oxygen atoms in total. The summed E-state index contributed by atoms with van der Waals surface area (Å²) in [5.41, 5.74) is 0.698. The Bertz CT molecular complexity index is 435. The third kappa shape index (κ3) is 4.90. The lowest BCUT2D eigenvalue weighted by Gasteiger charge is -2.23. The number of halogens is 3. The van der Waals surface area contributed by atoms with Crippen molar-refractivity contribution in [2.75, 3.05) is 11.9 Å². The molecule has 0 aliphatic rings. The lowest BCUT2D eigenvalue weighted by Crippen LogP contribution is -2.34. The second kappa shape index (κ2) is 6.92. The smallest absolute Gasteiger partial charge is 0.251 e. The Kier molecular flexibility index (Phi) is 6.15. The molecule has 0 aromatic heterocycles. The molecule has 0 saturated carbocycles. The summed E-state index contributed by atoms with van der Waals surface area (Å²) >= 11 is 12.6. The quantitative estimate of drug-likeness (QED) is 0.721. The molecule has 0 aliphatic carbocycles. The minimum Gasteiger partial charge on any atom is -0.352 e. The predicted molar refractivity (Wildman–Crippen MR) is 83.7 cm³/mol. The van der Waals surface area contributed by atoms with Crippen molar-refractivity contribution in [2.24, 2.45) is 5.41 Å². The van der Waals surface area contributed by atoms with Gasteiger partial charge in [0.05, 0.1) is 5.02 Å². The van der Waals surface area contributed by atoms with E-state index in [1.54, 1.807) is 18.2 Å². The van der Waals surface area contributed by atoms with E-state index in [1.807, 2.05) is 0 Å². The van der Waals surface area contributed by atoms with Crippen LogP contribution in [0.3, 0.4) is 0 Å². The van der Waals surface area contributed by atoms with Crippen LogP contribution in [0.2, 0.25) is 5.02 Å². The Labute approximate surface area is 130 Å². The highest BCUT2D eigenvalue weighted by Gasteiger charge is 2.18. The van der Waals surface area contributed by atoms with Crippen LogP contribution in [-0.2, 0) is 0 Å². The van der Waals surface area contributed by atoms with Gasteiger partial charge in [-0.25, -0.2) is 0 Å². The highest BCUT2D eigenvalue weighted by Crippen LogP contribution is 2.24. The highest BCUT2D eigenvalue weighted by atomic mass is 79.9. The molecule has 0 fully saturated rings. The van der Waals surface area contributed by atoms with Crippen molar-refractivity contribution in [2.45, 2.75) is 20.3 Å². The third-order valence-corrected chi connectivity index (χ3v) is 4.29. The molecule has 1 aromatic carbocycles. The van der Waals surface area contributed by atoms with Gasteiger partial charge in [0.15, 0.2) is 0 Å². The monoisotopic (exact) mass is 395 g/mol. The normalized spacial score (nSPS) is 11.4. The maximum Gasteiger partial charge on any atom is 0.251 e. The van der Waals surface area contributed by atoms with Gasteiger partial charge in [0.2, 0.25) is 0 Å². The fourth-order valence-corrected chi connectivity index (χ4v) is 2.97.